The van der Waals surface area contributed by atoms with Gasteiger partial charge in [0.05, 0.1) is 0 Å². The fourth-order valence-corrected chi connectivity index (χ4v) is 3.00. The van der Waals surface area contributed by atoms with Gasteiger partial charge in [-0.05, 0) is 25.9 Å². The van der Waals surface area contributed by atoms with Crippen LogP contribution in [0.25, 0.3) is 0 Å². The Morgan fingerprint density at radius 3 is 2.68 bits per heavy atom. The van der Waals surface area contributed by atoms with Crippen LogP contribution in [0.15, 0.2) is 6.33 Å². The number of anilines is 2. The summed E-state index contributed by atoms with van der Waals surface area (Å²) in [5, 5.41) is 0. The third kappa shape index (κ3) is 2.81. The molecule has 2 heterocycles. The molecule has 1 aromatic rings. The first-order valence-corrected chi connectivity index (χ1v) is 7.29. The summed E-state index contributed by atoms with van der Waals surface area (Å²) >= 11 is 0. The van der Waals surface area contributed by atoms with Crippen molar-refractivity contribution in [1.29, 1.82) is 0 Å². The molecule has 0 saturated carbocycles. The van der Waals surface area contributed by atoms with Gasteiger partial charge in [0.25, 0.3) is 0 Å². The molecule has 0 amide bonds. The van der Waals surface area contributed by atoms with Crippen molar-refractivity contribution in [3.05, 3.63) is 11.9 Å². The fraction of sp³-hybridized carbons (Fsp3) is 0.714. The van der Waals surface area contributed by atoms with Crippen LogP contribution in [0.2, 0.25) is 0 Å². The van der Waals surface area contributed by atoms with E-state index in [9.17, 15) is 0 Å². The van der Waals surface area contributed by atoms with Crippen molar-refractivity contribution in [2.45, 2.75) is 39.7 Å². The van der Waals surface area contributed by atoms with E-state index in [0.29, 0.717) is 11.9 Å². The molecule has 2 rings (SSSR count). The molecule has 0 aliphatic carbocycles. The molecule has 2 N–H and O–H groups in total. The molecule has 1 aromatic heterocycles. The van der Waals surface area contributed by atoms with E-state index in [-0.39, 0.29) is 0 Å². The van der Waals surface area contributed by atoms with Crippen LogP contribution >= 0.6 is 0 Å². The van der Waals surface area contributed by atoms with Gasteiger partial charge in [-0.3, -0.25) is 4.90 Å². The number of hydrogen-bond donors (Lipinski definition) is 1. The van der Waals surface area contributed by atoms with Gasteiger partial charge in [-0.1, -0.05) is 20.8 Å². The van der Waals surface area contributed by atoms with Crippen molar-refractivity contribution in [2.75, 3.05) is 36.8 Å². The summed E-state index contributed by atoms with van der Waals surface area (Å²) < 4.78 is 0. The molecular formula is C14H25N5. The van der Waals surface area contributed by atoms with E-state index in [0.717, 1.165) is 44.0 Å². The van der Waals surface area contributed by atoms with Crippen LogP contribution in [-0.2, 0) is 6.42 Å². The zero-order chi connectivity index (χ0) is 13.8. The maximum Gasteiger partial charge on any atom is 0.137 e. The predicted molar refractivity (Wildman–Crippen MR) is 79.4 cm³/mol. The molecular weight excluding hydrogens is 238 g/mol. The molecule has 0 spiro atoms. The fourth-order valence-electron chi connectivity index (χ4n) is 3.00. The standard InChI is InChI=1S/C14H25N5/c1-4-12-13(15)16-10-17-14(12)19-8-7-11(9-19)18(5-2)6-3/h10-11H,4-9H2,1-3H3,(H2,15,16,17). The topological polar surface area (TPSA) is 58.3 Å². The average molecular weight is 263 g/mol. The van der Waals surface area contributed by atoms with E-state index in [1.54, 1.807) is 6.33 Å². The third-order valence-electron chi connectivity index (χ3n) is 4.10. The lowest BCUT2D eigenvalue weighted by molar-refractivity contribution is 0.232. The number of aromatic nitrogens is 2. The smallest absolute Gasteiger partial charge is 0.137 e. The highest BCUT2D eigenvalue weighted by Crippen LogP contribution is 2.26. The molecule has 0 aromatic carbocycles. The van der Waals surface area contributed by atoms with Crippen LogP contribution in [0.1, 0.15) is 32.8 Å². The van der Waals surface area contributed by atoms with Gasteiger partial charge in [0.2, 0.25) is 0 Å². The molecule has 1 unspecified atom stereocenters. The van der Waals surface area contributed by atoms with Crippen LogP contribution in [0, 0.1) is 0 Å². The maximum absolute atomic E-state index is 5.96. The number of nitrogens with two attached hydrogens (primary N) is 1. The van der Waals surface area contributed by atoms with Gasteiger partial charge in [0, 0.05) is 24.7 Å². The Hall–Kier alpha value is -1.36. The average Bonchev–Trinajstić information content (AvgIpc) is 2.89. The molecule has 1 saturated heterocycles. The molecule has 19 heavy (non-hydrogen) atoms. The molecule has 5 heteroatoms. The van der Waals surface area contributed by atoms with E-state index in [1.807, 2.05) is 0 Å². The van der Waals surface area contributed by atoms with Crippen molar-refractivity contribution in [1.82, 2.24) is 14.9 Å². The van der Waals surface area contributed by atoms with E-state index in [4.69, 9.17) is 5.73 Å². The Balaban J connectivity index is 2.15. The number of nitrogens with zero attached hydrogens (tertiary/aromatic N) is 4. The second-order valence-corrected chi connectivity index (χ2v) is 5.02. The molecule has 5 nitrogen and oxygen atoms in total. The van der Waals surface area contributed by atoms with Gasteiger partial charge in [0.1, 0.15) is 18.0 Å². The van der Waals surface area contributed by atoms with Crippen molar-refractivity contribution in [3.8, 4) is 0 Å². The van der Waals surface area contributed by atoms with Gasteiger partial charge < -0.3 is 10.6 Å². The quantitative estimate of drug-likeness (QED) is 0.873. The number of hydrogen-bond acceptors (Lipinski definition) is 5. The second-order valence-electron chi connectivity index (χ2n) is 5.02. The first kappa shape index (κ1) is 14.1. The highest BCUT2D eigenvalue weighted by Gasteiger charge is 2.28. The van der Waals surface area contributed by atoms with Gasteiger partial charge in [-0.15, -0.1) is 0 Å². The van der Waals surface area contributed by atoms with Crippen LogP contribution in [0.3, 0.4) is 0 Å². The molecule has 0 bridgehead atoms. The predicted octanol–water partition coefficient (Wildman–Crippen LogP) is 1.54. The van der Waals surface area contributed by atoms with Gasteiger partial charge in [-0.25, -0.2) is 9.97 Å². The minimum absolute atomic E-state index is 0.624. The van der Waals surface area contributed by atoms with Gasteiger partial charge in [-0.2, -0.15) is 0 Å². The lowest BCUT2D eigenvalue weighted by Gasteiger charge is -2.27. The monoisotopic (exact) mass is 263 g/mol. The van der Waals surface area contributed by atoms with Crippen LogP contribution in [-0.4, -0.2) is 47.1 Å². The Morgan fingerprint density at radius 1 is 1.32 bits per heavy atom. The highest BCUT2D eigenvalue weighted by atomic mass is 15.3. The molecule has 1 atom stereocenters. The van der Waals surface area contributed by atoms with E-state index in [2.05, 4.69) is 40.5 Å². The Labute approximate surface area is 115 Å². The summed E-state index contributed by atoms with van der Waals surface area (Å²) in [6, 6.07) is 0.635. The summed E-state index contributed by atoms with van der Waals surface area (Å²) in [6.45, 7) is 10.9. The summed E-state index contributed by atoms with van der Waals surface area (Å²) in [4.78, 5) is 13.4. The van der Waals surface area contributed by atoms with Crippen LogP contribution < -0.4 is 10.6 Å². The van der Waals surface area contributed by atoms with E-state index < -0.39 is 0 Å². The minimum atomic E-state index is 0.624. The minimum Gasteiger partial charge on any atom is -0.383 e. The first-order valence-electron chi connectivity index (χ1n) is 7.29. The molecule has 1 aliphatic rings. The zero-order valence-corrected chi connectivity index (χ0v) is 12.3. The lowest BCUT2D eigenvalue weighted by atomic mass is 10.2. The second kappa shape index (κ2) is 6.19. The van der Waals surface area contributed by atoms with Crippen molar-refractivity contribution in [3.63, 3.8) is 0 Å². The molecule has 1 fully saturated rings. The van der Waals surface area contributed by atoms with Gasteiger partial charge in [0.15, 0.2) is 0 Å². The van der Waals surface area contributed by atoms with Gasteiger partial charge >= 0.3 is 0 Å². The first-order chi connectivity index (χ1) is 9.21. The Kier molecular flexibility index (Phi) is 4.58. The number of likely N-dealkylation sites (N-methyl/N-ethyl adjacent to an activating group) is 1. The van der Waals surface area contributed by atoms with Crippen LogP contribution in [0.4, 0.5) is 11.6 Å². The largest absolute Gasteiger partial charge is 0.383 e. The summed E-state index contributed by atoms with van der Waals surface area (Å²) in [7, 11) is 0. The highest BCUT2D eigenvalue weighted by molar-refractivity contribution is 5.57. The summed E-state index contributed by atoms with van der Waals surface area (Å²) in [5.74, 6) is 1.66. The SMILES string of the molecule is CCc1c(N)ncnc1N1CCC(N(CC)CC)C1. The zero-order valence-electron chi connectivity index (χ0n) is 12.3. The normalized spacial score (nSPS) is 19.4. The van der Waals surface area contributed by atoms with Crippen molar-refractivity contribution >= 4 is 11.6 Å². The molecule has 0 radical (unpaired) electrons. The molecule has 1 aliphatic heterocycles. The summed E-state index contributed by atoms with van der Waals surface area (Å²) in [6.07, 6.45) is 3.66. The Morgan fingerprint density at radius 2 is 2.05 bits per heavy atom. The number of rotatable bonds is 5. The number of nitrogen functional groups attached to an aromatic ring is 1. The third-order valence-corrected chi connectivity index (χ3v) is 4.10. The lowest BCUT2D eigenvalue weighted by Crippen LogP contribution is -2.37. The van der Waals surface area contributed by atoms with Crippen LogP contribution in [0.5, 0.6) is 0 Å². The van der Waals surface area contributed by atoms with E-state index >= 15 is 0 Å². The van der Waals surface area contributed by atoms with Crippen molar-refractivity contribution < 1.29 is 0 Å². The Bertz CT molecular complexity index is 416. The summed E-state index contributed by atoms with van der Waals surface area (Å²) in [5.41, 5.74) is 7.04. The van der Waals surface area contributed by atoms with E-state index in [1.165, 1.54) is 6.42 Å². The van der Waals surface area contributed by atoms with Crippen molar-refractivity contribution in [2.24, 2.45) is 0 Å². The maximum atomic E-state index is 5.96. The molecule has 106 valence electrons.